The Balaban J connectivity index is 1.62. The van der Waals surface area contributed by atoms with Crippen molar-refractivity contribution in [2.45, 2.75) is 6.92 Å². The van der Waals surface area contributed by atoms with E-state index in [-0.39, 0.29) is 0 Å². The summed E-state index contributed by atoms with van der Waals surface area (Å²) >= 11 is 1.70. The molecule has 4 aromatic carbocycles. The molecule has 0 aliphatic heterocycles. The quantitative estimate of drug-likeness (QED) is 0.289. The molecule has 6 aromatic rings. The first-order valence-corrected chi connectivity index (χ1v) is 11.6. The highest BCUT2D eigenvalue weighted by Crippen LogP contribution is 2.38. The van der Waals surface area contributed by atoms with Crippen molar-refractivity contribution in [2.75, 3.05) is 0 Å². The van der Waals surface area contributed by atoms with E-state index in [2.05, 4.69) is 105 Å². The Labute approximate surface area is 195 Å². The highest BCUT2D eigenvalue weighted by Gasteiger charge is 2.18. The molecule has 0 amide bonds. The first kappa shape index (κ1) is 19.6. The Morgan fingerprint density at radius 2 is 1.36 bits per heavy atom. The molecular formula is C28H20N4S. The Hall–Kier alpha value is -4.09. The summed E-state index contributed by atoms with van der Waals surface area (Å²) in [6.07, 6.45) is 1.81. The number of fused-ring (bicyclic) bond motifs is 1. The van der Waals surface area contributed by atoms with Gasteiger partial charge in [0.05, 0.1) is 20.9 Å². The van der Waals surface area contributed by atoms with Gasteiger partial charge in [0.15, 0.2) is 5.82 Å². The van der Waals surface area contributed by atoms with Crippen LogP contribution in [0.5, 0.6) is 0 Å². The van der Waals surface area contributed by atoms with Crippen LogP contribution in [0.15, 0.2) is 103 Å². The van der Waals surface area contributed by atoms with Crippen LogP contribution in [0.1, 0.15) is 5.01 Å². The van der Waals surface area contributed by atoms with E-state index >= 15 is 0 Å². The van der Waals surface area contributed by atoms with E-state index in [9.17, 15) is 0 Å². The van der Waals surface area contributed by atoms with Gasteiger partial charge in [-0.05, 0) is 36.2 Å². The fourth-order valence-corrected chi connectivity index (χ4v) is 5.15. The normalized spacial score (nSPS) is 11.2. The molecule has 0 atom stereocenters. The van der Waals surface area contributed by atoms with Crippen molar-refractivity contribution in [1.29, 1.82) is 0 Å². The van der Waals surface area contributed by atoms with Gasteiger partial charge in [-0.2, -0.15) is 0 Å². The Kier molecular flexibility index (Phi) is 4.82. The van der Waals surface area contributed by atoms with E-state index in [4.69, 9.17) is 0 Å². The Morgan fingerprint density at radius 3 is 2.03 bits per heavy atom. The zero-order chi connectivity index (χ0) is 22.2. The lowest BCUT2D eigenvalue weighted by Crippen LogP contribution is -2.02. The zero-order valence-corrected chi connectivity index (χ0v) is 18.8. The molecule has 0 aliphatic carbocycles. The smallest absolute Gasteiger partial charge is 0.168 e. The highest BCUT2D eigenvalue weighted by atomic mass is 32.1. The van der Waals surface area contributed by atoms with E-state index in [1.165, 1.54) is 0 Å². The summed E-state index contributed by atoms with van der Waals surface area (Å²) in [6.45, 7) is 2.04. The predicted octanol–water partition coefficient (Wildman–Crippen LogP) is 7.19. The standard InChI is InChI=1S/C28H20N4S/c1-19-30-25-16-15-22(17-26(25)33-19)28-31-29-18-32(28)27-23(20-9-4-2-5-10-20)13-8-14-24(27)21-11-6-3-7-12-21/h2-18H,1H3. The van der Waals surface area contributed by atoms with E-state index in [0.29, 0.717) is 0 Å². The highest BCUT2D eigenvalue weighted by molar-refractivity contribution is 7.18. The maximum atomic E-state index is 4.60. The minimum atomic E-state index is 0.809. The fraction of sp³-hybridized carbons (Fsp3) is 0.0357. The van der Waals surface area contributed by atoms with Gasteiger partial charge in [0.25, 0.3) is 0 Å². The summed E-state index contributed by atoms with van der Waals surface area (Å²) in [5, 5.41) is 9.93. The third kappa shape index (κ3) is 3.52. The maximum Gasteiger partial charge on any atom is 0.168 e. The molecule has 0 saturated heterocycles. The largest absolute Gasteiger partial charge is 0.280 e. The molecule has 0 aliphatic rings. The van der Waals surface area contributed by atoms with Gasteiger partial charge in [-0.25, -0.2) is 4.98 Å². The monoisotopic (exact) mass is 444 g/mol. The van der Waals surface area contributed by atoms with Gasteiger partial charge >= 0.3 is 0 Å². The van der Waals surface area contributed by atoms with E-state index in [1.807, 2.05) is 25.4 Å². The molecule has 0 N–H and O–H groups in total. The van der Waals surface area contributed by atoms with Crippen LogP contribution in [0.25, 0.3) is 49.5 Å². The lowest BCUT2D eigenvalue weighted by molar-refractivity contribution is 1.07. The van der Waals surface area contributed by atoms with Gasteiger partial charge in [-0.15, -0.1) is 21.5 Å². The van der Waals surface area contributed by atoms with Crippen LogP contribution < -0.4 is 0 Å². The number of benzene rings is 4. The lowest BCUT2D eigenvalue weighted by atomic mass is 9.95. The van der Waals surface area contributed by atoms with Gasteiger partial charge in [-0.1, -0.05) is 78.9 Å². The predicted molar refractivity (Wildman–Crippen MR) is 136 cm³/mol. The number of hydrogen-bond acceptors (Lipinski definition) is 4. The average molecular weight is 445 g/mol. The maximum absolute atomic E-state index is 4.60. The van der Waals surface area contributed by atoms with Gasteiger partial charge < -0.3 is 0 Å². The van der Waals surface area contributed by atoms with Crippen LogP contribution in [0.2, 0.25) is 0 Å². The molecule has 6 rings (SSSR count). The molecule has 0 saturated carbocycles. The molecule has 0 radical (unpaired) electrons. The summed E-state index contributed by atoms with van der Waals surface area (Å²) in [5.74, 6) is 0.809. The number of hydrogen-bond donors (Lipinski definition) is 0. The third-order valence-corrected chi connectivity index (χ3v) is 6.68. The van der Waals surface area contributed by atoms with Crippen LogP contribution in [0, 0.1) is 6.92 Å². The van der Waals surface area contributed by atoms with Crippen molar-refractivity contribution in [3.8, 4) is 39.3 Å². The second kappa shape index (κ2) is 8.11. The van der Waals surface area contributed by atoms with Crippen molar-refractivity contribution in [3.63, 3.8) is 0 Å². The molecule has 0 fully saturated rings. The first-order chi connectivity index (χ1) is 16.3. The zero-order valence-electron chi connectivity index (χ0n) is 18.0. The molecule has 2 heterocycles. The second-order valence-electron chi connectivity index (χ2n) is 7.87. The Bertz CT molecular complexity index is 1510. The third-order valence-electron chi connectivity index (χ3n) is 5.75. The average Bonchev–Trinajstić information content (AvgIpc) is 3.50. The molecule has 2 aromatic heterocycles. The van der Waals surface area contributed by atoms with Crippen molar-refractivity contribution >= 4 is 21.6 Å². The van der Waals surface area contributed by atoms with Gasteiger partial charge in [-0.3, -0.25) is 4.57 Å². The summed E-state index contributed by atoms with van der Waals surface area (Å²) < 4.78 is 3.26. The fourth-order valence-electron chi connectivity index (χ4n) is 4.28. The molecular weight excluding hydrogens is 424 g/mol. The number of thiazole rings is 1. The summed E-state index contributed by atoms with van der Waals surface area (Å²) in [6, 6.07) is 33.7. The lowest BCUT2D eigenvalue weighted by Gasteiger charge is -2.18. The van der Waals surface area contributed by atoms with Crippen LogP contribution in [0.4, 0.5) is 0 Å². The summed E-state index contributed by atoms with van der Waals surface area (Å²) in [7, 11) is 0. The van der Waals surface area contributed by atoms with Crippen molar-refractivity contribution < 1.29 is 0 Å². The number of aryl methyl sites for hydroxylation is 1. The van der Waals surface area contributed by atoms with Crippen LogP contribution in [-0.4, -0.2) is 19.7 Å². The van der Waals surface area contributed by atoms with Gasteiger partial charge in [0, 0.05) is 16.7 Å². The molecule has 33 heavy (non-hydrogen) atoms. The second-order valence-corrected chi connectivity index (χ2v) is 9.11. The first-order valence-electron chi connectivity index (χ1n) is 10.8. The summed E-state index contributed by atoms with van der Waals surface area (Å²) in [5.41, 5.74) is 7.67. The van der Waals surface area contributed by atoms with Crippen LogP contribution >= 0.6 is 11.3 Å². The molecule has 0 bridgehead atoms. The summed E-state index contributed by atoms with van der Waals surface area (Å²) in [4.78, 5) is 4.60. The number of aromatic nitrogens is 4. The minimum absolute atomic E-state index is 0.809. The van der Waals surface area contributed by atoms with E-state index in [0.717, 1.165) is 54.6 Å². The minimum Gasteiger partial charge on any atom is -0.280 e. The van der Waals surface area contributed by atoms with Crippen molar-refractivity contribution in [1.82, 2.24) is 19.7 Å². The topological polar surface area (TPSA) is 43.6 Å². The molecule has 0 unspecified atom stereocenters. The number of rotatable bonds is 4. The SMILES string of the molecule is Cc1nc2ccc(-c3nncn3-c3c(-c4ccccc4)cccc3-c3ccccc3)cc2s1. The number of para-hydroxylation sites is 1. The molecule has 0 spiro atoms. The number of nitrogens with zero attached hydrogens (tertiary/aromatic N) is 4. The van der Waals surface area contributed by atoms with Crippen molar-refractivity contribution in [3.05, 3.63) is 108 Å². The van der Waals surface area contributed by atoms with Gasteiger partial charge in [0.2, 0.25) is 0 Å². The van der Waals surface area contributed by atoms with Crippen LogP contribution in [-0.2, 0) is 0 Å². The molecule has 158 valence electrons. The van der Waals surface area contributed by atoms with Gasteiger partial charge in [0.1, 0.15) is 6.33 Å². The Morgan fingerprint density at radius 1 is 0.697 bits per heavy atom. The van der Waals surface area contributed by atoms with E-state index < -0.39 is 0 Å². The van der Waals surface area contributed by atoms with Crippen molar-refractivity contribution in [2.24, 2.45) is 0 Å². The van der Waals surface area contributed by atoms with E-state index in [1.54, 1.807) is 11.3 Å². The van der Waals surface area contributed by atoms with Crippen LogP contribution in [0.3, 0.4) is 0 Å². The molecule has 5 heteroatoms. The molecule has 4 nitrogen and oxygen atoms in total.